The Labute approximate surface area is 130 Å². The molecule has 0 bridgehead atoms. The van der Waals surface area contributed by atoms with Gasteiger partial charge in [-0.1, -0.05) is 38.5 Å². The summed E-state index contributed by atoms with van der Waals surface area (Å²) < 4.78 is 24.4. The molecular formula is C16H21NO2S2. The Morgan fingerprint density at radius 2 is 1.90 bits per heavy atom. The number of sulfone groups is 1. The van der Waals surface area contributed by atoms with Crippen LogP contribution >= 0.6 is 11.3 Å². The molecule has 2 rings (SSSR count). The lowest BCUT2D eigenvalue weighted by molar-refractivity contribution is 0.597. The molecule has 21 heavy (non-hydrogen) atoms. The van der Waals surface area contributed by atoms with Gasteiger partial charge < -0.3 is 5.32 Å². The van der Waals surface area contributed by atoms with E-state index in [0.29, 0.717) is 10.6 Å². The second-order valence-corrected chi connectivity index (χ2v) is 8.13. The van der Waals surface area contributed by atoms with Gasteiger partial charge in [-0.2, -0.15) is 0 Å². The molecule has 1 heterocycles. The van der Waals surface area contributed by atoms with E-state index in [1.54, 1.807) is 30.4 Å². The molecule has 1 N–H and O–H groups in total. The summed E-state index contributed by atoms with van der Waals surface area (Å²) in [5.74, 6) is 0.114. The van der Waals surface area contributed by atoms with Crippen LogP contribution in [0.1, 0.15) is 37.6 Å². The molecule has 0 radical (unpaired) electrons. The molecule has 1 aromatic heterocycles. The lowest BCUT2D eigenvalue weighted by Gasteiger charge is -2.20. The molecule has 1 atom stereocenters. The first-order chi connectivity index (χ1) is 10.1. The molecule has 114 valence electrons. The van der Waals surface area contributed by atoms with Crippen molar-refractivity contribution in [3.63, 3.8) is 0 Å². The molecule has 0 saturated heterocycles. The van der Waals surface area contributed by atoms with Gasteiger partial charge >= 0.3 is 0 Å². The summed E-state index contributed by atoms with van der Waals surface area (Å²) in [5.41, 5.74) is 0.700. The number of hydrogen-bond donors (Lipinski definition) is 1. The van der Waals surface area contributed by atoms with Crippen molar-refractivity contribution in [3.05, 3.63) is 46.7 Å². The normalized spacial score (nSPS) is 13.0. The van der Waals surface area contributed by atoms with E-state index in [2.05, 4.69) is 18.3 Å². The van der Waals surface area contributed by atoms with Crippen molar-refractivity contribution in [2.24, 2.45) is 0 Å². The number of para-hydroxylation sites is 1. The van der Waals surface area contributed by atoms with Gasteiger partial charge in [0.15, 0.2) is 9.84 Å². The van der Waals surface area contributed by atoms with E-state index in [1.165, 1.54) is 4.88 Å². The maximum atomic E-state index is 12.2. The van der Waals surface area contributed by atoms with E-state index < -0.39 is 9.84 Å². The summed E-state index contributed by atoms with van der Waals surface area (Å²) in [6.07, 6.45) is 2.01. The largest absolute Gasteiger partial charge is 0.376 e. The fourth-order valence-electron chi connectivity index (χ4n) is 2.26. The number of thiophene rings is 1. The minimum atomic E-state index is -3.22. The molecule has 1 aromatic carbocycles. The Hall–Kier alpha value is -1.33. The molecule has 0 spiro atoms. The zero-order chi connectivity index (χ0) is 15.3. The molecular weight excluding hydrogens is 302 g/mol. The molecule has 0 aliphatic rings. The topological polar surface area (TPSA) is 46.2 Å². The van der Waals surface area contributed by atoms with E-state index >= 15 is 0 Å². The van der Waals surface area contributed by atoms with Crippen LogP contribution in [0.5, 0.6) is 0 Å². The van der Waals surface area contributed by atoms with Gasteiger partial charge in [0.2, 0.25) is 0 Å². The van der Waals surface area contributed by atoms with Crippen LogP contribution in [0, 0.1) is 0 Å². The van der Waals surface area contributed by atoms with Crippen molar-refractivity contribution in [3.8, 4) is 0 Å². The molecule has 3 nitrogen and oxygen atoms in total. The first kappa shape index (κ1) is 16.0. The molecule has 5 heteroatoms. The van der Waals surface area contributed by atoms with Crippen LogP contribution in [0.3, 0.4) is 0 Å². The van der Waals surface area contributed by atoms with Gasteiger partial charge in [0.25, 0.3) is 0 Å². The molecule has 1 unspecified atom stereocenters. The van der Waals surface area contributed by atoms with Crippen LogP contribution in [0.15, 0.2) is 46.7 Å². The highest BCUT2D eigenvalue weighted by molar-refractivity contribution is 7.91. The zero-order valence-electron chi connectivity index (χ0n) is 12.4. The molecule has 0 aliphatic carbocycles. The first-order valence-corrected chi connectivity index (χ1v) is 9.73. The highest BCUT2D eigenvalue weighted by atomic mass is 32.2. The van der Waals surface area contributed by atoms with Crippen molar-refractivity contribution in [1.82, 2.24) is 0 Å². The summed E-state index contributed by atoms with van der Waals surface area (Å²) >= 11 is 1.70. The number of hydrogen-bond acceptors (Lipinski definition) is 4. The van der Waals surface area contributed by atoms with Gasteiger partial charge in [0.05, 0.1) is 22.4 Å². The Bertz CT molecular complexity index is 663. The third-order valence-corrected chi connectivity index (χ3v) is 6.17. The quantitative estimate of drug-likeness (QED) is 0.816. The third kappa shape index (κ3) is 3.86. The first-order valence-electron chi connectivity index (χ1n) is 7.20. The van der Waals surface area contributed by atoms with E-state index in [0.717, 1.165) is 12.8 Å². The standard InChI is InChI=1S/C16H21NO2S2/c1-3-8-13(15-10-7-12-20-15)17-14-9-5-6-11-16(14)21(18,19)4-2/h5-7,9-13,17H,3-4,8H2,1-2H3. The fraction of sp³-hybridized carbons (Fsp3) is 0.375. The summed E-state index contributed by atoms with van der Waals surface area (Å²) in [6, 6.07) is 11.4. The van der Waals surface area contributed by atoms with E-state index in [-0.39, 0.29) is 11.8 Å². The monoisotopic (exact) mass is 323 g/mol. The van der Waals surface area contributed by atoms with E-state index in [4.69, 9.17) is 0 Å². The van der Waals surface area contributed by atoms with Crippen LogP contribution in [-0.4, -0.2) is 14.2 Å². The highest BCUT2D eigenvalue weighted by Gasteiger charge is 2.19. The lowest BCUT2D eigenvalue weighted by atomic mass is 10.1. The third-order valence-electron chi connectivity index (χ3n) is 3.40. The minimum absolute atomic E-state index is 0.114. The van der Waals surface area contributed by atoms with Gasteiger partial charge in [0, 0.05) is 4.88 Å². The molecule has 0 aliphatic heterocycles. The maximum absolute atomic E-state index is 12.2. The highest BCUT2D eigenvalue weighted by Crippen LogP contribution is 2.30. The van der Waals surface area contributed by atoms with Gasteiger partial charge in [0.1, 0.15) is 0 Å². The van der Waals surface area contributed by atoms with Crippen molar-refractivity contribution < 1.29 is 8.42 Å². The number of rotatable bonds is 7. The average Bonchev–Trinajstić information content (AvgIpc) is 3.01. The van der Waals surface area contributed by atoms with Gasteiger partial charge in [-0.15, -0.1) is 11.3 Å². The van der Waals surface area contributed by atoms with Crippen molar-refractivity contribution in [2.75, 3.05) is 11.1 Å². The summed E-state index contributed by atoms with van der Waals surface area (Å²) in [4.78, 5) is 1.63. The van der Waals surface area contributed by atoms with Crippen molar-refractivity contribution in [1.29, 1.82) is 0 Å². The van der Waals surface area contributed by atoms with Crippen LogP contribution in [-0.2, 0) is 9.84 Å². The zero-order valence-corrected chi connectivity index (χ0v) is 14.0. The number of benzene rings is 1. The van der Waals surface area contributed by atoms with Crippen molar-refractivity contribution >= 4 is 26.9 Å². The summed E-state index contributed by atoms with van der Waals surface area (Å²) in [7, 11) is -3.22. The smallest absolute Gasteiger partial charge is 0.180 e. The van der Waals surface area contributed by atoms with Crippen LogP contribution in [0.4, 0.5) is 5.69 Å². The van der Waals surface area contributed by atoms with Crippen LogP contribution in [0.25, 0.3) is 0 Å². The summed E-state index contributed by atoms with van der Waals surface area (Å²) in [5, 5.41) is 5.47. The van der Waals surface area contributed by atoms with Crippen LogP contribution in [0.2, 0.25) is 0 Å². The Kier molecular flexibility index (Phi) is 5.42. The fourth-order valence-corrected chi connectivity index (χ4v) is 4.14. The maximum Gasteiger partial charge on any atom is 0.180 e. The van der Waals surface area contributed by atoms with E-state index in [1.807, 2.05) is 23.6 Å². The lowest BCUT2D eigenvalue weighted by Crippen LogP contribution is -2.13. The predicted octanol–water partition coefficient (Wildman–Crippen LogP) is 4.50. The second-order valence-electron chi connectivity index (χ2n) is 4.90. The Morgan fingerprint density at radius 1 is 1.14 bits per heavy atom. The van der Waals surface area contributed by atoms with Gasteiger partial charge in [-0.3, -0.25) is 0 Å². The average molecular weight is 323 g/mol. The minimum Gasteiger partial charge on any atom is -0.376 e. The number of nitrogens with one attached hydrogen (secondary N) is 1. The molecule has 0 saturated carbocycles. The molecule has 0 amide bonds. The predicted molar refractivity (Wildman–Crippen MR) is 89.8 cm³/mol. The summed E-state index contributed by atoms with van der Waals surface area (Å²) in [6.45, 7) is 3.81. The van der Waals surface area contributed by atoms with E-state index in [9.17, 15) is 8.42 Å². The Morgan fingerprint density at radius 3 is 2.52 bits per heavy atom. The molecule has 0 fully saturated rings. The second kappa shape index (κ2) is 7.09. The van der Waals surface area contributed by atoms with Gasteiger partial charge in [-0.25, -0.2) is 8.42 Å². The SMILES string of the molecule is CCCC(Nc1ccccc1S(=O)(=O)CC)c1cccs1. The number of anilines is 1. The Balaban J connectivity index is 2.34. The molecule has 2 aromatic rings. The van der Waals surface area contributed by atoms with Crippen molar-refractivity contribution in [2.45, 2.75) is 37.6 Å². The van der Waals surface area contributed by atoms with Gasteiger partial charge in [-0.05, 0) is 30.0 Å². The van der Waals surface area contributed by atoms with Crippen LogP contribution < -0.4 is 5.32 Å².